The molecule has 0 fully saturated rings. The highest BCUT2D eigenvalue weighted by Gasteiger charge is 2.19. The maximum atomic E-state index is 12.9. The third-order valence-electron chi connectivity index (χ3n) is 4.81. The number of carbonyl (C=O) groups is 1. The Bertz CT molecular complexity index is 1400. The molecule has 4 rings (SSSR count). The second-order valence-corrected chi connectivity index (χ2v) is 7.45. The smallest absolute Gasteiger partial charge is 0.333 e. The first-order valence-corrected chi connectivity index (χ1v) is 10.1. The van der Waals surface area contributed by atoms with Crippen LogP contribution in [0, 0.1) is 0 Å². The van der Waals surface area contributed by atoms with Gasteiger partial charge in [0.1, 0.15) is 17.8 Å². The molecular formula is C21H19ClN4O5. The standard InChI is InChI=1S/C21H19ClN4O5/c1-3-4-9-30-16(27)11-26-20(28)17-18(25(2)21(26)29)24-19-14(23-17)10-15(31-19)12-5-7-13(22)8-6-12/h5-8,10H,3-4,9,11H2,1-2H3. The Labute approximate surface area is 180 Å². The number of aryl methyl sites for hydroxylation is 1. The molecule has 3 heterocycles. The highest BCUT2D eigenvalue weighted by molar-refractivity contribution is 6.30. The van der Waals surface area contributed by atoms with E-state index in [1.165, 1.54) is 7.05 Å². The van der Waals surface area contributed by atoms with Crippen molar-refractivity contribution >= 4 is 40.0 Å². The van der Waals surface area contributed by atoms with Crippen molar-refractivity contribution in [1.29, 1.82) is 0 Å². The first-order valence-electron chi connectivity index (χ1n) is 9.71. The predicted molar refractivity (Wildman–Crippen MR) is 115 cm³/mol. The van der Waals surface area contributed by atoms with Crippen molar-refractivity contribution in [3.63, 3.8) is 0 Å². The molecule has 0 saturated heterocycles. The fraction of sp³-hybridized carbons (Fsp3) is 0.286. The van der Waals surface area contributed by atoms with Gasteiger partial charge in [0.2, 0.25) is 5.71 Å². The minimum atomic E-state index is -0.714. The fourth-order valence-corrected chi connectivity index (χ4v) is 3.24. The van der Waals surface area contributed by atoms with Crippen molar-refractivity contribution in [2.75, 3.05) is 6.61 Å². The molecule has 4 aromatic rings. The normalized spacial score (nSPS) is 11.3. The Kier molecular flexibility index (Phi) is 5.60. The Morgan fingerprint density at radius 1 is 1.19 bits per heavy atom. The predicted octanol–water partition coefficient (Wildman–Crippen LogP) is 2.90. The maximum Gasteiger partial charge on any atom is 0.333 e. The van der Waals surface area contributed by atoms with Gasteiger partial charge in [-0.1, -0.05) is 24.9 Å². The van der Waals surface area contributed by atoms with Crippen LogP contribution in [0.2, 0.25) is 5.02 Å². The lowest BCUT2D eigenvalue weighted by Crippen LogP contribution is -2.41. The molecule has 0 N–H and O–H groups in total. The molecule has 0 saturated carbocycles. The van der Waals surface area contributed by atoms with Gasteiger partial charge in [-0.2, -0.15) is 4.98 Å². The van der Waals surface area contributed by atoms with E-state index in [0.29, 0.717) is 22.7 Å². The van der Waals surface area contributed by atoms with Crippen LogP contribution in [0.1, 0.15) is 19.8 Å². The Balaban J connectivity index is 1.79. The van der Waals surface area contributed by atoms with E-state index in [1.807, 2.05) is 6.92 Å². The van der Waals surface area contributed by atoms with Crippen LogP contribution < -0.4 is 11.2 Å². The quantitative estimate of drug-likeness (QED) is 0.333. The topological polar surface area (TPSA) is 109 Å². The zero-order chi connectivity index (χ0) is 22.1. The monoisotopic (exact) mass is 442 g/mol. The van der Waals surface area contributed by atoms with Gasteiger partial charge in [0.25, 0.3) is 5.56 Å². The van der Waals surface area contributed by atoms with Gasteiger partial charge < -0.3 is 9.15 Å². The van der Waals surface area contributed by atoms with E-state index < -0.39 is 23.8 Å². The average molecular weight is 443 g/mol. The summed E-state index contributed by atoms with van der Waals surface area (Å²) in [5.41, 5.74) is -0.0880. The second kappa shape index (κ2) is 8.35. The molecule has 0 unspecified atom stereocenters. The molecule has 3 aromatic heterocycles. The van der Waals surface area contributed by atoms with Crippen LogP contribution in [-0.4, -0.2) is 31.7 Å². The Morgan fingerprint density at radius 3 is 2.65 bits per heavy atom. The van der Waals surface area contributed by atoms with E-state index >= 15 is 0 Å². The van der Waals surface area contributed by atoms with Gasteiger partial charge in [0.05, 0.1) is 6.61 Å². The highest BCUT2D eigenvalue weighted by Crippen LogP contribution is 2.27. The van der Waals surface area contributed by atoms with Crippen molar-refractivity contribution in [3.8, 4) is 11.3 Å². The van der Waals surface area contributed by atoms with Crippen molar-refractivity contribution in [3.05, 3.63) is 56.2 Å². The third-order valence-corrected chi connectivity index (χ3v) is 5.06. The molecule has 0 atom stereocenters. The Hall–Kier alpha value is -3.46. The summed E-state index contributed by atoms with van der Waals surface area (Å²) >= 11 is 5.93. The summed E-state index contributed by atoms with van der Waals surface area (Å²) in [6.07, 6.45) is 1.57. The zero-order valence-corrected chi connectivity index (χ0v) is 17.7. The number of carbonyl (C=O) groups excluding carboxylic acids is 1. The van der Waals surface area contributed by atoms with Crippen LogP contribution in [0.5, 0.6) is 0 Å². The van der Waals surface area contributed by atoms with E-state index in [4.69, 9.17) is 20.8 Å². The summed E-state index contributed by atoms with van der Waals surface area (Å²) in [5.74, 6) is -0.166. The van der Waals surface area contributed by atoms with E-state index in [1.54, 1.807) is 30.3 Å². The van der Waals surface area contributed by atoms with Crippen LogP contribution in [0.25, 0.3) is 33.7 Å². The SMILES string of the molecule is CCCCOC(=O)Cn1c(=O)c2nc3cc(-c4ccc(Cl)cc4)oc3nc2n(C)c1=O. The molecular weight excluding hydrogens is 424 g/mol. The van der Waals surface area contributed by atoms with Gasteiger partial charge >= 0.3 is 11.7 Å². The number of aromatic nitrogens is 4. The minimum Gasteiger partial charge on any atom is -0.464 e. The summed E-state index contributed by atoms with van der Waals surface area (Å²) in [4.78, 5) is 46.3. The number of unbranched alkanes of at least 4 members (excludes halogenated alkanes) is 1. The number of hydrogen-bond acceptors (Lipinski definition) is 7. The number of nitrogens with zero attached hydrogens (tertiary/aromatic N) is 4. The van der Waals surface area contributed by atoms with Gasteiger partial charge in [0, 0.05) is 23.7 Å². The number of fused-ring (bicyclic) bond motifs is 2. The molecule has 0 bridgehead atoms. The minimum absolute atomic E-state index is 0.0422. The Morgan fingerprint density at radius 2 is 1.94 bits per heavy atom. The number of rotatable bonds is 6. The van der Waals surface area contributed by atoms with Gasteiger partial charge in [-0.25, -0.2) is 14.3 Å². The third kappa shape index (κ3) is 3.96. The van der Waals surface area contributed by atoms with E-state index in [2.05, 4.69) is 9.97 Å². The van der Waals surface area contributed by atoms with Crippen molar-refractivity contribution in [2.45, 2.75) is 26.3 Å². The maximum absolute atomic E-state index is 12.9. The lowest BCUT2D eigenvalue weighted by Gasteiger charge is -2.09. The van der Waals surface area contributed by atoms with Crippen LogP contribution in [-0.2, 0) is 23.1 Å². The summed E-state index contributed by atoms with van der Waals surface area (Å²) in [7, 11) is 1.45. The van der Waals surface area contributed by atoms with Crippen molar-refractivity contribution in [2.24, 2.45) is 7.05 Å². The zero-order valence-electron chi connectivity index (χ0n) is 16.9. The molecule has 0 spiro atoms. The lowest BCUT2D eigenvalue weighted by atomic mass is 10.2. The fourth-order valence-electron chi connectivity index (χ4n) is 3.12. The highest BCUT2D eigenvalue weighted by atomic mass is 35.5. The van der Waals surface area contributed by atoms with Crippen molar-refractivity contribution in [1.82, 2.24) is 19.1 Å². The molecule has 0 radical (unpaired) electrons. The van der Waals surface area contributed by atoms with Crippen LogP contribution in [0.4, 0.5) is 0 Å². The number of ether oxygens (including phenoxy) is 1. The van der Waals surface area contributed by atoms with Gasteiger partial charge in [-0.15, -0.1) is 0 Å². The summed E-state index contributed by atoms with van der Waals surface area (Å²) in [5, 5.41) is 0.589. The largest absolute Gasteiger partial charge is 0.464 e. The summed E-state index contributed by atoms with van der Waals surface area (Å²) in [6, 6.07) is 8.67. The number of hydrogen-bond donors (Lipinski definition) is 0. The molecule has 31 heavy (non-hydrogen) atoms. The summed E-state index contributed by atoms with van der Waals surface area (Å²) in [6.45, 7) is 1.71. The molecule has 9 nitrogen and oxygen atoms in total. The van der Waals surface area contributed by atoms with Gasteiger partial charge in [-0.3, -0.25) is 14.2 Å². The summed E-state index contributed by atoms with van der Waals surface area (Å²) < 4.78 is 12.8. The average Bonchev–Trinajstić information content (AvgIpc) is 3.18. The van der Waals surface area contributed by atoms with Gasteiger partial charge in [0.15, 0.2) is 11.2 Å². The number of furan rings is 1. The van der Waals surface area contributed by atoms with E-state index in [-0.39, 0.29) is 23.5 Å². The molecule has 1 aromatic carbocycles. The number of halogens is 1. The van der Waals surface area contributed by atoms with E-state index in [0.717, 1.165) is 21.1 Å². The van der Waals surface area contributed by atoms with Crippen LogP contribution >= 0.6 is 11.6 Å². The van der Waals surface area contributed by atoms with Gasteiger partial charge in [-0.05, 0) is 30.7 Å². The molecule has 10 heteroatoms. The molecule has 0 aliphatic heterocycles. The molecule has 0 amide bonds. The molecule has 0 aliphatic rings. The number of benzene rings is 1. The van der Waals surface area contributed by atoms with Crippen molar-refractivity contribution < 1.29 is 13.9 Å². The molecule has 160 valence electrons. The molecule has 0 aliphatic carbocycles. The number of esters is 1. The first kappa shape index (κ1) is 20.8. The first-order chi connectivity index (χ1) is 14.9. The lowest BCUT2D eigenvalue weighted by molar-refractivity contribution is -0.144. The van der Waals surface area contributed by atoms with E-state index in [9.17, 15) is 14.4 Å². The second-order valence-electron chi connectivity index (χ2n) is 7.01. The van der Waals surface area contributed by atoms with Crippen LogP contribution in [0.15, 0.2) is 44.3 Å². The van der Waals surface area contributed by atoms with Crippen LogP contribution in [0.3, 0.4) is 0 Å².